The molecule has 0 saturated carbocycles. The zero-order chi connectivity index (χ0) is 20.1. The molecule has 0 aromatic heterocycles. The Morgan fingerprint density at radius 3 is 2.12 bits per heavy atom. The van der Waals surface area contributed by atoms with Gasteiger partial charge in [-0.1, -0.05) is 19.1 Å². The van der Waals surface area contributed by atoms with E-state index < -0.39 is 56.1 Å². The quantitative estimate of drug-likeness (QED) is 0.718. The number of carbonyl (C=O) groups is 1. The molecule has 0 bridgehead atoms. The third-order valence-electron chi connectivity index (χ3n) is 4.82. The lowest BCUT2D eigenvalue weighted by Gasteiger charge is -2.46. The molecule has 1 saturated heterocycles. The first kappa shape index (κ1) is 20.7. The first-order chi connectivity index (χ1) is 11.7. The van der Waals surface area contributed by atoms with Crippen molar-refractivity contribution in [1.82, 2.24) is 0 Å². The number of hydrogen-bond acceptors (Lipinski definition) is 5. The third kappa shape index (κ3) is 2.99. The summed E-state index contributed by atoms with van der Waals surface area (Å²) in [6.07, 6.45) is -6.34. The molecular weight excluding hydrogens is 375 g/mol. The summed E-state index contributed by atoms with van der Waals surface area (Å²) in [4.78, 5) is 12.0. The van der Waals surface area contributed by atoms with E-state index in [0.717, 1.165) is 12.1 Å². The maximum atomic E-state index is 12.7. The van der Waals surface area contributed by atoms with E-state index in [0.29, 0.717) is 5.56 Å². The van der Waals surface area contributed by atoms with Crippen molar-refractivity contribution in [3.8, 4) is 0 Å². The van der Waals surface area contributed by atoms with E-state index in [9.17, 15) is 31.5 Å². The minimum atomic E-state index is -4.54. The van der Waals surface area contributed by atoms with Gasteiger partial charge in [0.25, 0.3) is 6.09 Å². The minimum absolute atomic E-state index is 0.372. The van der Waals surface area contributed by atoms with Crippen LogP contribution in [0.5, 0.6) is 0 Å². The van der Waals surface area contributed by atoms with Gasteiger partial charge in [0, 0.05) is 5.92 Å². The zero-order valence-corrected chi connectivity index (χ0v) is 15.5. The molecule has 1 heterocycles. The fourth-order valence-electron chi connectivity index (χ4n) is 3.50. The van der Waals surface area contributed by atoms with Gasteiger partial charge in [0.2, 0.25) is 0 Å². The van der Waals surface area contributed by atoms with Crippen LogP contribution in [0.4, 0.5) is 18.0 Å². The van der Waals surface area contributed by atoms with Crippen LogP contribution >= 0.6 is 0 Å². The summed E-state index contributed by atoms with van der Waals surface area (Å²) in [5, 5.41) is 12.0. The summed E-state index contributed by atoms with van der Waals surface area (Å²) in [7, 11) is -4.54. The second kappa shape index (κ2) is 6.21. The van der Waals surface area contributed by atoms with Crippen LogP contribution in [-0.4, -0.2) is 36.6 Å². The Balaban J connectivity index is 2.54. The van der Waals surface area contributed by atoms with Gasteiger partial charge in [-0.3, -0.25) is 0 Å². The molecule has 1 aliphatic rings. The van der Waals surface area contributed by atoms with Crippen molar-refractivity contribution >= 4 is 16.4 Å². The van der Waals surface area contributed by atoms with E-state index in [1.165, 1.54) is 32.9 Å². The maximum Gasteiger partial charge on any atom is 0.442 e. The van der Waals surface area contributed by atoms with Gasteiger partial charge < -0.3 is 9.90 Å². The number of hydrogen-bond donors (Lipinski definition) is 0. The lowest BCUT2D eigenvalue weighted by Crippen LogP contribution is -2.72. The number of carbonyl (C=O) groups excluding carboxylic acids is 1. The summed E-state index contributed by atoms with van der Waals surface area (Å²) < 4.78 is 66.5. The summed E-state index contributed by atoms with van der Waals surface area (Å²) >= 11 is 0. The highest BCUT2D eigenvalue weighted by Crippen LogP contribution is 2.44. The second-order valence-corrected chi connectivity index (χ2v) is 8.95. The van der Waals surface area contributed by atoms with Crippen molar-refractivity contribution < 1.29 is 39.6 Å². The van der Waals surface area contributed by atoms with Crippen LogP contribution in [0.3, 0.4) is 0 Å². The van der Waals surface area contributed by atoms with E-state index in [1.807, 2.05) is 0 Å². The van der Waals surface area contributed by atoms with Crippen molar-refractivity contribution in [2.24, 2.45) is 0 Å². The Hall–Kier alpha value is -1.65. The van der Waals surface area contributed by atoms with Gasteiger partial charge in [-0.25, -0.2) is 4.18 Å². The van der Waals surface area contributed by atoms with E-state index in [4.69, 9.17) is 4.18 Å². The minimum Gasteiger partial charge on any atom is -0.497 e. The molecule has 6 nitrogen and oxygen atoms in total. The van der Waals surface area contributed by atoms with Crippen LogP contribution in [0.25, 0.3) is 0 Å². The average molecular weight is 395 g/mol. The van der Waals surface area contributed by atoms with E-state index in [-0.39, 0.29) is 0 Å². The first-order valence-electron chi connectivity index (χ1n) is 7.83. The van der Waals surface area contributed by atoms with Gasteiger partial charge in [0.1, 0.15) is 18.2 Å². The van der Waals surface area contributed by atoms with E-state index in [1.54, 1.807) is 6.92 Å². The molecule has 1 fully saturated rings. The fourth-order valence-corrected chi connectivity index (χ4v) is 5.41. The van der Waals surface area contributed by atoms with Crippen molar-refractivity contribution in [3.63, 3.8) is 0 Å². The highest BCUT2D eigenvalue weighted by atomic mass is 32.2. The number of halogens is 3. The van der Waals surface area contributed by atoms with Gasteiger partial charge in [-0.2, -0.15) is 13.2 Å². The number of carboxylic acid groups (broad SMARTS) is 1. The summed E-state index contributed by atoms with van der Waals surface area (Å²) in [6, 6.07) is 3.10. The lowest BCUT2D eigenvalue weighted by atomic mass is 9.89. The van der Waals surface area contributed by atoms with Gasteiger partial charge >= 0.3 is 16.5 Å². The Labute approximate surface area is 150 Å². The van der Waals surface area contributed by atoms with Crippen LogP contribution in [0, 0.1) is 0 Å². The molecule has 1 aromatic rings. The molecular formula is C16H20F3NO5S. The van der Waals surface area contributed by atoms with Crippen LogP contribution in [-0.2, 0) is 20.7 Å². The molecule has 2 unspecified atom stereocenters. The lowest BCUT2D eigenvalue weighted by molar-refractivity contribution is -0.826. The Morgan fingerprint density at radius 1 is 1.23 bits per heavy atom. The molecule has 146 valence electrons. The van der Waals surface area contributed by atoms with Crippen molar-refractivity contribution in [3.05, 3.63) is 35.4 Å². The average Bonchev–Trinajstić information content (AvgIpc) is 2.77. The highest BCUT2D eigenvalue weighted by Gasteiger charge is 2.66. The molecule has 10 heteroatoms. The van der Waals surface area contributed by atoms with Gasteiger partial charge in [0.05, 0.1) is 5.56 Å². The normalized spacial score (nSPS) is 27.3. The van der Waals surface area contributed by atoms with E-state index in [2.05, 4.69) is 0 Å². The highest BCUT2D eigenvalue weighted by molar-refractivity contribution is 7.81. The summed E-state index contributed by atoms with van der Waals surface area (Å²) in [5.74, 6) is -0.716. The Kier molecular flexibility index (Phi) is 4.93. The van der Waals surface area contributed by atoms with Crippen LogP contribution in [0.1, 0.15) is 44.7 Å². The molecule has 2 rings (SSSR count). The molecule has 26 heavy (non-hydrogen) atoms. The second-order valence-electron chi connectivity index (χ2n) is 7.28. The molecule has 0 radical (unpaired) electrons. The Bertz CT molecular complexity index is 799. The van der Waals surface area contributed by atoms with Crippen LogP contribution in [0.2, 0.25) is 0 Å². The number of rotatable bonds is 2. The smallest absolute Gasteiger partial charge is 0.442 e. The van der Waals surface area contributed by atoms with Crippen molar-refractivity contribution in [2.45, 2.75) is 51.4 Å². The zero-order valence-electron chi connectivity index (χ0n) is 14.7. The first-order valence-corrected chi connectivity index (χ1v) is 9.20. The SMILES string of the molecule is CC(c1ccc(C(F)(F)F)cc1)C1COS(=O)(=O)[N@+]1(C(=O)[O-])C(C)(C)C. The molecule has 0 N–H and O–H groups in total. The predicted octanol–water partition coefficient (Wildman–Crippen LogP) is 2.41. The van der Waals surface area contributed by atoms with Crippen molar-refractivity contribution in [1.29, 1.82) is 0 Å². The van der Waals surface area contributed by atoms with Gasteiger partial charge in [0.15, 0.2) is 0 Å². The molecule has 1 aromatic carbocycles. The summed E-state index contributed by atoms with van der Waals surface area (Å²) in [6.45, 7) is 5.44. The van der Waals surface area contributed by atoms with Crippen molar-refractivity contribution in [2.75, 3.05) is 6.61 Å². The van der Waals surface area contributed by atoms with Gasteiger partial charge in [-0.15, -0.1) is 12.3 Å². The molecule has 3 atom stereocenters. The number of quaternary nitrogens is 1. The molecule has 0 aliphatic carbocycles. The maximum absolute atomic E-state index is 12.7. The molecule has 1 amide bonds. The molecule has 0 spiro atoms. The number of benzene rings is 1. The predicted molar refractivity (Wildman–Crippen MR) is 83.9 cm³/mol. The standard InChI is InChI=1S/C16H20F3NO5S/c1-10(11-5-7-12(8-6-11)16(17,18)19)13-9-25-26(23,24)20(13,14(21)22)15(2,3)4/h5-8,10,13H,9H2,1-4H3/t10?,13?,20-/m1/s1. The number of alkyl halides is 3. The largest absolute Gasteiger partial charge is 0.497 e. The Morgan fingerprint density at radius 2 is 1.73 bits per heavy atom. The van der Waals surface area contributed by atoms with Gasteiger partial charge in [-0.05, 0) is 38.5 Å². The monoisotopic (exact) mass is 395 g/mol. The molecule has 1 aliphatic heterocycles. The fraction of sp³-hybridized carbons (Fsp3) is 0.562. The van der Waals surface area contributed by atoms with E-state index >= 15 is 0 Å². The van der Waals surface area contributed by atoms with Crippen LogP contribution < -0.4 is 5.11 Å². The third-order valence-corrected chi connectivity index (χ3v) is 6.92. The van der Waals surface area contributed by atoms with Crippen LogP contribution in [0.15, 0.2) is 24.3 Å². The number of nitrogens with zero attached hydrogens (tertiary/aromatic N) is 1. The number of amides is 1. The topological polar surface area (TPSA) is 83.5 Å². The summed E-state index contributed by atoms with van der Waals surface area (Å²) in [5.41, 5.74) is -1.80.